The Morgan fingerprint density at radius 3 is 2.25 bits per heavy atom. The number of hydrogen-bond acceptors (Lipinski definition) is 5. The van der Waals surface area contributed by atoms with E-state index in [1.807, 2.05) is 0 Å². The van der Waals surface area contributed by atoms with Gasteiger partial charge in [0, 0.05) is 24.7 Å². The summed E-state index contributed by atoms with van der Waals surface area (Å²) >= 11 is 0. The van der Waals surface area contributed by atoms with Gasteiger partial charge in [-0.05, 0) is 46.0 Å². The number of piperidine rings is 1. The second kappa shape index (κ2) is 9.27. The number of nitrogens with zero attached hydrogens (tertiary/aromatic N) is 1. The summed E-state index contributed by atoms with van der Waals surface area (Å²) in [6.45, 7) is 4.29. The molecule has 1 heterocycles. The summed E-state index contributed by atoms with van der Waals surface area (Å²) in [5, 5.41) is 7.41. The Kier molecular flexibility index (Phi) is 8.02. The maximum absolute atomic E-state index is 12.7. The molecule has 0 radical (unpaired) electrons. The number of sulfonamides is 1. The van der Waals surface area contributed by atoms with Gasteiger partial charge in [-0.2, -0.15) is 0 Å². The molecule has 0 saturated carbocycles. The van der Waals surface area contributed by atoms with Crippen LogP contribution in [0.1, 0.15) is 52.4 Å². The summed E-state index contributed by atoms with van der Waals surface area (Å²) in [5.74, 6) is -0.0603. The number of likely N-dealkylation sites (tertiary alicyclic amines) is 1. The second-order valence-corrected chi connectivity index (χ2v) is 8.46. The van der Waals surface area contributed by atoms with Crippen LogP contribution >= 0.6 is 0 Å². The van der Waals surface area contributed by atoms with E-state index in [2.05, 4.69) is 4.72 Å². The number of Topliss-reactive ketones (excluding diaryl/α,β-unsaturated/α-hetero) is 1. The molecule has 8 heteroatoms. The Balaban J connectivity index is 2.63. The Morgan fingerprint density at radius 1 is 1.21 bits per heavy atom. The van der Waals surface area contributed by atoms with E-state index in [-0.39, 0.29) is 17.6 Å². The molecule has 1 saturated heterocycles. The van der Waals surface area contributed by atoms with E-state index < -0.39 is 16.1 Å². The number of carbonyl (C=O) groups excluding carboxylic acids is 2. The van der Waals surface area contributed by atoms with Crippen molar-refractivity contribution < 1.29 is 18.0 Å². The first-order valence-electron chi connectivity index (χ1n) is 8.40. The van der Waals surface area contributed by atoms with Crippen molar-refractivity contribution in [1.29, 1.82) is 5.41 Å². The van der Waals surface area contributed by atoms with E-state index in [9.17, 15) is 18.0 Å². The van der Waals surface area contributed by atoms with Crippen molar-refractivity contribution in [3.05, 3.63) is 0 Å². The Labute approximate surface area is 144 Å². The molecule has 0 aliphatic carbocycles. The number of carbonyl (C=O) groups is 2. The molecule has 0 aromatic carbocycles. The molecule has 1 aliphatic heterocycles. The average Bonchev–Trinajstić information content (AvgIpc) is 2.48. The van der Waals surface area contributed by atoms with Gasteiger partial charge in [0.05, 0.1) is 6.26 Å². The maximum atomic E-state index is 12.7. The molecule has 0 aromatic heterocycles. The summed E-state index contributed by atoms with van der Waals surface area (Å²) in [7, 11) is -3.48. The number of rotatable bonds is 9. The third-order valence-corrected chi connectivity index (χ3v) is 5.04. The number of hydrogen-bond donors (Lipinski definition) is 2. The highest BCUT2D eigenvalue weighted by atomic mass is 32.2. The summed E-state index contributed by atoms with van der Waals surface area (Å²) in [4.78, 5) is 25.7. The third kappa shape index (κ3) is 7.53. The van der Waals surface area contributed by atoms with E-state index in [4.69, 9.17) is 5.41 Å². The fourth-order valence-electron chi connectivity index (χ4n) is 2.96. The first kappa shape index (κ1) is 20.8. The van der Waals surface area contributed by atoms with Crippen LogP contribution in [0.3, 0.4) is 0 Å². The largest absolute Gasteiger partial charge is 0.341 e. The van der Waals surface area contributed by atoms with Crippen LogP contribution in [0.5, 0.6) is 0 Å². The van der Waals surface area contributed by atoms with Crippen molar-refractivity contribution in [2.75, 3.05) is 19.3 Å². The minimum Gasteiger partial charge on any atom is -0.341 e. The number of unbranched alkanes of at least 4 members (excludes halogenated alkanes) is 1. The van der Waals surface area contributed by atoms with Gasteiger partial charge in [-0.25, -0.2) is 13.1 Å². The van der Waals surface area contributed by atoms with Gasteiger partial charge >= 0.3 is 0 Å². The number of ketones is 1. The minimum atomic E-state index is -3.48. The second-order valence-electron chi connectivity index (χ2n) is 6.68. The first-order valence-corrected chi connectivity index (χ1v) is 10.3. The normalized spacial score (nSPS) is 17.5. The topological polar surface area (TPSA) is 107 Å². The van der Waals surface area contributed by atoms with Gasteiger partial charge in [0.25, 0.3) is 0 Å². The van der Waals surface area contributed by atoms with Crippen molar-refractivity contribution in [3.63, 3.8) is 0 Å². The molecule has 2 N–H and O–H groups in total. The maximum Gasteiger partial charge on any atom is 0.240 e. The third-order valence-electron chi connectivity index (χ3n) is 4.33. The fourth-order valence-corrected chi connectivity index (χ4v) is 3.69. The fraction of sp³-hybridized carbons (Fsp3) is 0.812. The lowest BCUT2D eigenvalue weighted by atomic mass is 9.93. The molecule has 1 fully saturated rings. The number of amides is 1. The molecule has 1 rings (SSSR count). The van der Waals surface area contributed by atoms with Crippen molar-refractivity contribution in [2.45, 2.75) is 58.4 Å². The van der Waals surface area contributed by atoms with Crippen LogP contribution in [-0.4, -0.2) is 56.1 Å². The molecular weight excluding hydrogens is 330 g/mol. The zero-order chi connectivity index (χ0) is 18.3. The van der Waals surface area contributed by atoms with E-state index in [1.165, 1.54) is 0 Å². The molecule has 1 amide bonds. The predicted molar refractivity (Wildman–Crippen MR) is 93.6 cm³/mol. The van der Waals surface area contributed by atoms with Gasteiger partial charge < -0.3 is 10.3 Å². The van der Waals surface area contributed by atoms with Gasteiger partial charge in [-0.15, -0.1) is 0 Å². The highest BCUT2D eigenvalue weighted by Crippen LogP contribution is 2.19. The zero-order valence-electron chi connectivity index (χ0n) is 14.8. The van der Waals surface area contributed by atoms with Crippen molar-refractivity contribution in [2.24, 2.45) is 5.92 Å². The molecule has 24 heavy (non-hydrogen) atoms. The smallest absolute Gasteiger partial charge is 0.240 e. The van der Waals surface area contributed by atoms with Crippen LogP contribution in [0.2, 0.25) is 0 Å². The molecule has 0 unspecified atom stereocenters. The highest BCUT2D eigenvalue weighted by Gasteiger charge is 2.30. The summed E-state index contributed by atoms with van der Waals surface area (Å²) in [6.07, 6.45) is 4.85. The monoisotopic (exact) mass is 359 g/mol. The van der Waals surface area contributed by atoms with Crippen molar-refractivity contribution in [3.8, 4) is 0 Å². The Morgan fingerprint density at radius 2 is 1.79 bits per heavy atom. The van der Waals surface area contributed by atoms with Crippen LogP contribution in [0.4, 0.5) is 0 Å². The molecule has 0 bridgehead atoms. The molecule has 0 aromatic rings. The van der Waals surface area contributed by atoms with Crippen LogP contribution in [0.25, 0.3) is 0 Å². The minimum absolute atomic E-state index is 0.00549. The Bertz CT molecular complexity index is 566. The van der Waals surface area contributed by atoms with Crippen molar-refractivity contribution in [1.82, 2.24) is 9.62 Å². The molecule has 0 spiro atoms. The van der Waals surface area contributed by atoms with Crippen LogP contribution < -0.4 is 4.72 Å². The molecular formula is C16H29N3O4S. The van der Waals surface area contributed by atoms with Gasteiger partial charge in [0.1, 0.15) is 11.8 Å². The highest BCUT2D eigenvalue weighted by molar-refractivity contribution is 7.88. The average molecular weight is 359 g/mol. The quantitative estimate of drug-likeness (QED) is 0.478. The molecule has 138 valence electrons. The lowest BCUT2D eigenvalue weighted by molar-refractivity contribution is -0.136. The van der Waals surface area contributed by atoms with Crippen LogP contribution in [0, 0.1) is 11.3 Å². The van der Waals surface area contributed by atoms with E-state index in [1.54, 1.807) is 18.7 Å². The van der Waals surface area contributed by atoms with Gasteiger partial charge in [-0.1, -0.05) is 6.42 Å². The molecule has 7 nitrogen and oxygen atoms in total. The Hall–Kier alpha value is -1.28. The summed E-state index contributed by atoms with van der Waals surface area (Å²) in [5.41, 5.74) is 0.584. The van der Waals surface area contributed by atoms with Crippen LogP contribution in [0.15, 0.2) is 0 Å². The van der Waals surface area contributed by atoms with Crippen LogP contribution in [-0.2, 0) is 19.6 Å². The SMILES string of the molecule is CC(=N)CCCC[C@H](NS(C)(=O)=O)C(=O)N1CCC(C(C)=O)CC1. The summed E-state index contributed by atoms with van der Waals surface area (Å²) in [6, 6.07) is -0.764. The molecule has 1 aliphatic rings. The van der Waals surface area contributed by atoms with Gasteiger partial charge in [0.15, 0.2) is 0 Å². The lowest BCUT2D eigenvalue weighted by Gasteiger charge is -2.33. The summed E-state index contributed by atoms with van der Waals surface area (Å²) < 4.78 is 25.5. The number of nitrogens with one attached hydrogen (secondary N) is 2. The van der Waals surface area contributed by atoms with E-state index in [0.717, 1.165) is 12.7 Å². The van der Waals surface area contributed by atoms with Gasteiger partial charge in [0.2, 0.25) is 15.9 Å². The predicted octanol–water partition coefficient (Wildman–Crippen LogP) is 1.33. The van der Waals surface area contributed by atoms with E-state index >= 15 is 0 Å². The van der Waals surface area contributed by atoms with E-state index in [0.29, 0.717) is 50.9 Å². The van der Waals surface area contributed by atoms with Crippen molar-refractivity contribution >= 4 is 27.4 Å². The van der Waals surface area contributed by atoms with Gasteiger partial charge in [-0.3, -0.25) is 9.59 Å². The molecule has 1 atom stereocenters. The first-order chi connectivity index (χ1) is 11.1. The standard InChI is InChI=1S/C16H29N3O4S/c1-12(17)6-4-5-7-15(18-24(3,22)23)16(21)19-10-8-14(9-11-19)13(2)20/h14-15,17-18H,4-11H2,1-3H3/t15-/m0/s1. The lowest BCUT2D eigenvalue weighted by Crippen LogP contribution is -2.50. The zero-order valence-corrected chi connectivity index (χ0v) is 15.6.